The van der Waals surface area contributed by atoms with E-state index in [4.69, 9.17) is 0 Å². The summed E-state index contributed by atoms with van der Waals surface area (Å²) in [4.78, 5) is 39.5. The van der Waals surface area contributed by atoms with E-state index < -0.39 is 0 Å². The van der Waals surface area contributed by atoms with Crippen LogP contribution < -0.4 is 5.32 Å². The molecule has 0 aromatic carbocycles. The standard InChI is InChI=1S/C18H31N3O3/c22-16-19-13-9-7-8-12-17(23)21-15-11-6-4-2-1-3-5-10-14-20-18(21)24/h1-15H2,(H,20,24). The fourth-order valence-electron chi connectivity index (χ4n) is 2.91. The highest BCUT2D eigenvalue weighted by Crippen LogP contribution is 2.11. The lowest BCUT2D eigenvalue weighted by atomic mass is 10.1. The highest BCUT2D eigenvalue weighted by Gasteiger charge is 2.20. The number of hydrogen-bond acceptors (Lipinski definition) is 4. The van der Waals surface area contributed by atoms with Crippen LogP contribution in [-0.2, 0) is 9.59 Å². The van der Waals surface area contributed by atoms with Crippen LogP contribution in [0.2, 0.25) is 0 Å². The predicted octanol–water partition coefficient (Wildman–Crippen LogP) is 3.56. The molecule has 1 aliphatic heterocycles. The predicted molar refractivity (Wildman–Crippen MR) is 93.5 cm³/mol. The molecular formula is C18H31N3O3. The van der Waals surface area contributed by atoms with Crippen molar-refractivity contribution in [3.05, 3.63) is 0 Å². The summed E-state index contributed by atoms with van der Waals surface area (Å²) >= 11 is 0. The molecule has 1 aliphatic rings. The van der Waals surface area contributed by atoms with Crippen molar-refractivity contribution in [1.29, 1.82) is 0 Å². The third-order valence-corrected chi connectivity index (χ3v) is 4.36. The normalized spacial score (nSPS) is 17.7. The van der Waals surface area contributed by atoms with Gasteiger partial charge in [0.15, 0.2) is 0 Å². The Balaban J connectivity index is 2.40. The Labute approximate surface area is 145 Å². The van der Waals surface area contributed by atoms with E-state index in [0.29, 0.717) is 26.1 Å². The Morgan fingerprint density at radius 1 is 1.00 bits per heavy atom. The number of rotatable bonds is 6. The summed E-state index contributed by atoms with van der Waals surface area (Å²) < 4.78 is 0. The first kappa shape index (κ1) is 20.4. The zero-order chi connectivity index (χ0) is 17.5. The quantitative estimate of drug-likeness (QED) is 0.457. The van der Waals surface area contributed by atoms with Gasteiger partial charge in [-0.05, 0) is 25.7 Å². The molecule has 0 spiro atoms. The average Bonchev–Trinajstić information content (AvgIpc) is 2.60. The summed E-state index contributed by atoms with van der Waals surface area (Å²) in [6, 6.07) is -0.246. The van der Waals surface area contributed by atoms with Crippen LogP contribution in [0.5, 0.6) is 0 Å². The van der Waals surface area contributed by atoms with Gasteiger partial charge in [-0.3, -0.25) is 9.69 Å². The molecule has 1 rings (SSSR count). The number of imide groups is 1. The van der Waals surface area contributed by atoms with Gasteiger partial charge in [0.2, 0.25) is 12.0 Å². The van der Waals surface area contributed by atoms with Crippen molar-refractivity contribution in [2.45, 2.75) is 77.0 Å². The monoisotopic (exact) mass is 337 g/mol. The summed E-state index contributed by atoms with van der Waals surface area (Å²) in [5, 5.41) is 2.88. The van der Waals surface area contributed by atoms with E-state index >= 15 is 0 Å². The highest BCUT2D eigenvalue weighted by molar-refractivity contribution is 5.94. The zero-order valence-corrected chi connectivity index (χ0v) is 14.7. The van der Waals surface area contributed by atoms with Crippen molar-refractivity contribution in [3.8, 4) is 0 Å². The molecule has 1 saturated heterocycles. The molecule has 0 aromatic rings. The van der Waals surface area contributed by atoms with Gasteiger partial charge in [0.25, 0.3) is 0 Å². The highest BCUT2D eigenvalue weighted by atomic mass is 16.2. The van der Waals surface area contributed by atoms with E-state index in [9.17, 15) is 14.4 Å². The van der Waals surface area contributed by atoms with Crippen LogP contribution in [0.4, 0.5) is 4.79 Å². The largest absolute Gasteiger partial charge is 0.338 e. The third kappa shape index (κ3) is 9.46. The van der Waals surface area contributed by atoms with Gasteiger partial charge in [0.1, 0.15) is 0 Å². The first-order chi connectivity index (χ1) is 11.8. The molecule has 0 bridgehead atoms. The minimum absolute atomic E-state index is 0.0961. The average molecular weight is 337 g/mol. The van der Waals surface area contributed by atoms with Gasteiger partial charge in [0, 0.05) is 19.5 Å². The molecule has 1 fully saturated rings. The maximum atomic E-state index is 12.4. The molecule has 6 nitrogen and oxygen atoms in total. The molecule has 1 heterocycles. The van der Waals surface area contributed by atoms with Crippen LogP contribution in [0, 0.1) is 0 Å². The number of carbonyl (C=O) groups excluding carboxylic acids is 3. The second kappa shape index (κ2) is 13.7. The molecule has 24 heavy (non-hydrogen) atoms. The molecule has 0 aliphatic carbocycles. The van der Waals surface area contributed by atoms with E-state index in [2.05, 4.69) is 10.3 Å². The number of isocyanates is 1. The molecule has 0 radical (unpaired) electrons. The minimum atomic E-state index is -0.246. The number of nitrogens with one attached hydrogen (secondary N) is 1. The summed E-state index contributed by atoms with van der Waals surface area (Å²) in [6.45, 7) is 1.62. The Morgan fingerprint density at radius 3 is 2.38 bits per heavy atom. The maximum Gasteiger partial charge on any atom is 0.324 e. The van der Waals surface area contributed by atoms with Crippen LogP contribution in [0.3, 0.4) is 0 Å². The van der Waals surface area contributed by atoms with Gasteiger partial charge in [0.05, 0.1) is 6.54 Å². The third-order valence-electron chi connectivity index (χ3n) is 4.36. The van der Waals surface area contributed by atoms with Gasteiger partial charge < -0.3 is 5.32 Å². The lowest BCUT2D eigenvalue weighted by Crippen LogP contribution is -2.44. The number of nitrogens with zero attached hydrogens (tertiary/aromatic N) is 2. The van der Waals surface area contributed by atoms with Crippen molar-refractivity contribution in [1.82, 2.24) is 10.2 Å². The van der Waals surface area contributed by atoms with Gasteiger partial charge in [-0.1, -0.05) is 44.9 Å². The fourth-order valence-corrected chi connectivity index (χ4v) is 2.91. The van der Waals surface area contributed by atoms with Gasteiger partial charge in [-0.25, -0.2) is 14.6 Å². The van der Waals surface area contributed by atoms with Crippen LogP contribution >= 0.6 is 0 Å². The molecule has 0 aromatic heterocycles. The molecule has 0 atom stereocenters. The SMILES string of the molecule is O=C=NCCCCCC(=O)N1CCCCCCCCCCNC1=O. The first-order valence-corrected chi connectivity index (χ1v) is 9.37. The van der Waals surface area contributed by atoms with E-state index in [1.54, 1.807) is 0 Å². The number of amides is 3. The van der Waals surface area contributed by atoms with Crippen molar-refractivity contribution in [2.24, 2.45) is 4.99 Å². The van der Waals surface area contributed by atoms with Crippen molar-refractivity contribution >= 4 is 18.0 Å². The van der Waals surface area contributed by atoms with E-state index in [1.807, 2.05) is 0 Å². The minimum Gasteiger partial charge on any atom is -0.338 e. The van der Waals surface area contributed by atoms with Gasteiger partial charge in [-0.2, -0.15) is 0 Å². The lowest BCUT2D eigenvalue weighted by molar-refractivity contribution is -0.128. The van der Waals surface area contributed by atoms with Crippen molar-refractivity contribution in [2.75, 3.05) is 19.6 Å². The van der Waals surface area contributed by atoms with Crippen LogP contribution in [0.1, 0.15) is 77.0 Å². The van der Waals surface area contributed by atoms with E-state index in [0.717, 1.165) is 44.9 Å². The number of unbranched alkanes of at least 4 members (excludes halogenated alkanes) is 2. The molecule has 0 saturated carbocycles. The Bertz CT molecular complexity index is 420. The molecule has 0 unspecified atom stereocenters. The van der Waals surface area contributed by atoms with Gasteiger partial charge in [-0.15, -0.1) is 0 Å². The smallest absolute Gasteiger partial charge is 0.324 e. The first-order valence-electron chi connectivity index (χ1n) is 9.37. The topological polar surface area (TPSA) is 78.8 Å². The maximum absolute atomic E-state index is 12.4. The lowest BCUT2D eigenvalue weighted by Gasteiger charge is -2.21. The number of urea groups is 1. The molecule has 6 heteroatoms. The molecular weight excluding hydrogens is 306 g/mol. The number of aliphatic imine (C=N–C) groups is 1. The summed E-state index contributed by atoms with van der Waals surface area (Å²) in [5.74, 6) is -0.0961. The fraction of sp³-hybridized carbons (Fsp3) is 0.833. The Kier molecular flexibility index (Phi) is 11.7. The van der Waals surface area contributed by atoms with Crippen LogP contribution in [0.25, 0.3) is 0 Å². The molecule has 3 amide bonds. The summed E-state index contributed by atoms with van der Waals surface area (Å²) in [7, 11) is 0. The van der Waals surface area contributed by atoms with Crippen molar-refractivity contribution < 1.29 is 14.4 Å². The van der Waals surface area contributed by atoms with E-state index in [1.165, 1.54) is 36.7 Å². The summed E-state index contributed by atoms with van der Waals surface area (Å²) in [5.41, 5.74) is 0. The summed E-state index contributed by atoms with van der Waals surface area (Å²) in [6.07, 6.45) is 13.2. The van der Waals surface area contributed by atoms with Crippen LogP contribution in [0.15, 0.2) is 4.99 Å². The molecule has 1 N–H and O–H groups in total. The molecule has 136 valence electrons. The second-order valence-electron chi connectivity index (χ2n) is 6.39. The van der Waals surface area contributed by atoms with Crippen LogP contribution in [-0.4, -0.2) is 42.6 Å². The number of carbonyl (C=O) groups is 2. The Hall–Kier alpha value is -1.68. The Morgan fingerprint density at radius 2 is 1.67 bits per heavy atom. The zero-order valence-electron chi connectivity index (χ0n) is 14.7. The van der Waals surface area contributed by atoms with Gasteiger partial charge >= 0.3 is 6.03 Å². The number of hydrogen-bond donors (Lipinski definition) is 1. The van der Waals surface area contributed by atoms with E-state index in [-0.39, 0.29) is 11.9 Å². The van der Waals surface area contributed by atoms with Crippen molar-refractivity contribution in [3.63, 3.8) is 0 Å². The second-order valence-corrected chi connectivity index (χ2v) is 6.39.